The van der Waals surface area contributed by atoms with Gasteiger partial charge in [0.05, 0.1) is 0 Å². The third-order valence-corrected chi connectivity index (χ3v) is 1.43. The summed E-state index contributed by atoms with van der Waals surface area (Å²) in [6, 6.07) is 0. The average Bonchev–Trinajstić information content (AvgIpc) is 1.87. The van der Waals surface area contributed by atoms with Crippen LogP contribution in [0.4, 0.5) is 4.79 Å². The summed E-state index contributed by atoms with van der Waals surface area (Å²) in [4.78, 5) is 10.1. The molecule has 0 rings (SSSR count). The van der Waals surface area contributed by atoms with Crippen molar-refractivity contribution in [3.05, 3.63) is 0 Å². The molecule has 0 fully saturated rings. The van der Waals surface area contributed by atoms with Crippen molar-refractivity contribution in [2.24, 2.45) is 0 Å². The van der Waals surface area contributed by atoms with Gasteiger partial charge < -0.3 is 5.32 Å². The molecule has 0 unspecified atom stereocenters. The molecule has 0 heterocycles. The lowest BCUT2D eigenvalue weighted by Crippen LogP contribution is -2.17. The molecule has 0 bridgehead atoms. The molecule has 0 aliphatic carbocycles. The molecule has 0 aromatic rings. The summed E-state index contributed by atoms with van der Waals surface area (Å²) in [6.45, 7) is 2.86. The molecule has 0 saturated heterocycles. The summed E-state index contributed by atoms with van der Waals surface area (Å²) in [5, 5.41) is 2.08. The smallest absolute Gasteiger partial charge is 0.313 e. The number of amides is 1. The minimum absolute atomic E-state index is 0.448. The number of halogens is 1. The second kappa shape index (κ2) is 6.87. The van der Waals surface area contributed by atoms with Crippen molar-refractivity contribution in [3.8, 4) is 0 Å². The van der Waals surface area contributed by atoms with Crippen molar-refractivity contribution >= 4 is 17.0 Å². The Hall–Kier alpha value is -0.240. The Morgan fingerprint density at radius 2 is 2.10 bits per heavy atom. The fraction of sp³-hybridized carbons (Fsp3) is 0.857. The van der Waals surface area contributed by atoms with Crippen molar-refractivity contribution in [1.29, 1.82) is 0 Å². The first-order chi connectivity index (χ1) is 4.77. The predicted molar refractivity (Wildman–Crippen MR) is 43.4 cm³/mol. The highest BCUT2D eigenvalue weighted by molar-refractivity contribution is 6.62. The van der Waals surface area contributed by atoms with E-state index in [1.165, 1.54) is 19.3 Å². The molecule has 60 valence electrons. The van der Waals surface area contributed by atoms with E-state index in [1.807, 2.05) is 0 Å². The highest BCUT2D eigenvalue weighted by Crippen LogP contribution is 1.96. The lowest BCUT2D eigenvalue weighted by molar-refractivity contribution is 0.259. The average molecular weight is 164 g/mol. The zero-order valence-corrected chi connectivity index (χ0v) is 7.08. The zero-order chi connectivity index (χ0) is 7.82. The first-order valence-corrected chi connectivity index (χ1v) is 4.08. The lowest BCUT2D eigenvalue weighted by Gasteiger charge is -1.98. The molecule has 0 aromatic carbocycles. The largest absolute Gasteiger partial charge is 0.343 e. The minimum atomic E-state index is -0.448. The van der Waals surface area contributed by atoms with Crippen molar-refractivity contribution in [3.63, 3.8) is 0 Å². The van der Waals surface area contributed by atoms with E-state index in [9.17, 15) is 4.79 Å². The maximum atomic E-state index is 10.1. The quantitative estimate of drug-likeness (QED) is 0.377. The Kier molecular flexibility index (Phi) is 6.71. The van der Waals surface area contributed by atoms with Crippen LogP contribution in [0.1, 0.15) is 32.6 Å². The normalized spacial score (nSPS) is 9.40. The van der Waals surface area contributed by atoms with Gasteiger partial charge in [-0.25, -0.2) is 0 Å². The van der Waals surface area contributed by atoms with Crippen LogP contribution < -0.4 is 5.32 Å². The van der Waals surface area contributed by atoms with Gasteiger partial charge in [-0.2, -0.15) is 0 Å². The van der Waals surface area contributed by atoms with Gasteiger partial charge in [-0.3, -0.25) is 4.79 Å². The first-order valence-electron chi connectivity index (χ1n) is 3.70. The number of rotatable bonds is 5. The number of carbonyl (C=O) groups excluding carboxylic acids is 1. The van der Waals surface area contributed by atoms with Crippen LogP contribution in [0.25, 0.3) is 0 Å². The fourth-order valence-electron chi connectivity index (χ4n) is 0.738. The van der Waals surface area contributed by atoms with E-state index < -0.39 is 5.37 Å². The van der Waals surface area contributed by atoms with Crippen LogP contribution in [0, 0.1) is 0 Å². The van der Waals surface area contributed by atoms with E-state index in [0.717, 1.165) is 6.42 Å². The maximum Gasteiger partial charge on any atom is 0.313 e. The highest BCUT2D eigenvalue weighted by atomic mass is 35.5. The Bertz CT molecular complexity index is 95.6. The van der Waals surface area contributed by atoms with Crippen LogP contribution in [0.5, 0.6) is 0 Å². The summed E-state index contributed by atoms with van der Waals surface area (Å²) in [5.74, 6) is 0. The van der Waals surface area contributed by atoms with Crippen molar-refractivity contribution in [2.75, 3.05) is 6.54 Å². The van der Waals surface area contributed by atoms with E-state index in [4.69, 9.17) is 11.6 Å². The Morgan fingerprint density at radius 3 is 2.60 bits per heavy atom. The summed E-state index contributed by atoms with van der Waals surface area (Å²) in [7, 11) is 0. The van der Waals surface area contributed by atoms with Gasteiger partial charge in [0, 0.05) is 6.54 Å². The van der Waals surface area contributed by atoms with Gasteiger partial charge >= 0.3 is 5.37 Å². The second-order valence-electron chi connectivity index (χ2n) is 2.26. The van der Waals surface area contributed by atoms with Gasteiger partial charge in [0.15, 0.2) is 0 Å². The summed E-state index contributed by atoms with van der Waals surface area (Å²) >= 11 is 5.04. The molecule has 0 spiro atoms. The molecule has 1 amide bonds. The van der Waals surface area contributed by atoms with Gasteiger partial charge in [-0.05, 0) is 18.0 Å². The van der Waals surface area contributed by atoms with E-state index in [0.29, 0.717) is 6.54 Å². The Morgan fingerprint density at radius 1 is 1.40 bits per heavy atom. The van der Waals surface area contributed by atoms with Crippen LogP contribution in [0.3, 0.4) is 0 Å². The van der Waals surface area contributed by atoms with Crippen molar-refractivity contribution in [2.45, 2.75) is 32.6 Å². The molecule has 0 aliphatic rings. The van der Waals surface area contributed by atoms with Gasteiger partial charge in [-0.1, -0.05) is 26.2 Å². The predicted octanol–water partition coefficient (Wildman–Crippen LogP) is 2.52. The third kappa shape index (κ3) is 7.76. The van der Waals surface area contributed by atoms with E-state index in [-0.39, 0.29) is 0 Å². The highest BCUT2D eigenvalue weighted by Gasteiger charge is 1.91. The summed E-state index contributed by atoms with van der Waals surface area (Å²) in [6.07, 6.45) is 4.66. The molecule has 0 radical (unpaired) electrons. The van der Waals surface area contributed by atoms with Crippen molar-refractivity contribution in [1.82, 2.24) is 5.32 Å². The lowest BCUT2D eigenvalue weighted by atomic mass is 10.2. The third-order valence-electron chi connectivity index (χ3n) is 1.29. The summed E-state index contributed by atoms with van der Waals surface area (Å²) in [5.41, 5.74) is 0. The monoisotopic (exact) mass is 163 g/mol. The molecule has 3 heteroatoms. The number of hydrogen-bond donors (Lipinski definition) is 1. The second-order valence-corrected chi connectivity index (χ2v) is 2.60. The van der Waals surface area contributed by atoms with E-state index in [1.54, 1.807) is 0 Å². The van der Waals surface area contributed by atoms with Gasteiger partial charge in [0.1, 0.15) is 0 Å². The number of hydrogen-bond acceptors (Lipinski definition) is 1. The van der Waals surface area contributed by atoms with Crippen LogP contribution >= 0.6 is 11.6 Å². The van der Waals surface area contributed by atoms with Gasteiger partial charge in [-0.15, -0.1) is 0 Å². The van der Waals surface area contributed by atoms with Gasteiger partial charge in [0.25, 0.3) is 0 Å². The fourth-order valence-corrected chi connectivity index (χ4v) is 0.833. The Balaban J connectivity index is 2.84. The zero-order valence-electron chi connectivity index (χ0n) is 6.32. The molecule has 10 heavy (non-hydrogen) atoms. The number of unbranched alkanes of at least 4 members (excludes halogenated alkanes) is 3. The van der Waals surface area contributed by atoms with E-state index >= 15 is 0 Å². The summed E-state index contributed by atoms with van der Waals surface area (Å²) < 4.78 is 0. The molecule has 0 aliphatic heterocycles. The first kappa shape index (κ1) is 9.76. The van der Waals surface area contributed by atoms with Crippen LogP contribution in [0.15, 0.2) is 0 Å². The molecule has 1 N–H and O–H groups in total. The minimum Gasteiger partial charge on any atom is -0.343 e. The standard InChI is InChI=1S/C7H14ClNO/c1-2-3-4-5-6-9-7(8)10/h2-6H2,1H3,(H,9,10). The molecule has 0 atom stereocenters. The SMILES string of the molecule is CCCCCCNC(=O)Cl. The van der Waals surface area contributed by atoms with Crippen LogP contribution in [-0.4, -0.2) is 11.9 Å². The molecule has 2 nitrogen and oxygen atoms in total. The Labute approximate surface area is 66.9 Å². The molecular weight excluding hydrogens is 150 g/mol. The number of carbonyl (C=O) groups is 1. The molecule has 0 aromatic heterocycles. The topological polar surface area (TPSA) is 29.1 Å². The van der Waals surface area contributed by atoms with Gasteiger partial charge in [0.2, 0.25) is 0 Å². The van der Waals surface area contributed by atoms with Crippen LogP contribution in [-0.2, 0) is 0 Å². The van der Waals surface area contributed by atoms with Crippen molar-refractivity contribution < 1.29 is 4.79 Å². The molecule has 0 saturated carbocycles. The molecular formula is C7H14ClNO. The van der Waals surface area contributed by atoms with Crippen LogP contribution in [0.2, 0.25) is 0 Å². The van der Waals surface area contributed by atoms with E-state index in [2.05, 4.69) is 12.2 Å². The maximum absolute atomic E-state index is 10.1. The number of nitrogens with one attached hydrogen (secondary N) is 1.